The van der Waals surface area contributed by atoms with Crippen molar-refractivity contribution in [1.29, 1.82) is 0 Å². The fourth-order valence-corrected chi connectivity index (χ4v) is 1.33. The summed E-state index contributed by atoms with van der Waals surface area (Å²) in [6.45, 7) is 2.94. The first-order valence-electron chi connectivity index (χ1n) is 5.04. The smallest absolute Gasteiger partial charge is 0.305 e. The van der Waals surface area contributed by atoms with Gasteiger partial charge in [-0.25, -0.2) is 0 Å². The highest BCUT2D eigenvalue weighted by Gasteiger charge is 1.98. The molecule has 0 amide bonds. The van der Waals surface area contributed by atoms with Gasteiger partial charge in [0.15, 0.2) is 0 Å². The third kappa shape index (κ3) is 4.61. The first-order chi connectivity index (χ1) is 7.20. The van der Waals surface area contributed by atoms with Crippen molar-refractivity contribution in [3.63, 3.8) is 0 Å². The first-order valence-corrected chi connectivity index (χ1v) is 5.04. The maximum Gasteiger partial charge on any atom is 0.305 e. The zero-order valence-corrected chi connectivity index (χ0v) is 8.90. The summed E-state index contributed by atoms with van der Waals surface area (Å²) in [7, 11) is 0. The molecule has 0 aliphatic heterocycles. The van der Waals surface area contributed by atoms with Gasteiger partial charge in [0.1, 0.15) is 0 Å². The van der Waals surface area contributed by atoms with Gasteiger partial charge >= 0.3 is 5.97 Å². The van der Waals surface area contributed by atoms with Crippen LogP contribution in [0.3, 0.4) is 0 Å². The number of benzene rings is 1. The third-order valence-electron chi connectivity index (χ3n) is 2.24. The molecule has 0 atom stereocenters. The summed E-state index contributed by atoms with van der Waals surface area (Å²) in [6, 6.07) is 8.13. The Hall–Kier alpha value is -1.35. The lowest BCUT2D eigenvalue weighted by Gasteiger charge is -2.05. The van der Waals surface area contributed by atoms with E-state index in [1.165, 1.54) is 11.1 Å². The Balaban J connectivity index is 2.21. The van der Waals surface area contributed by atoms with Crippen molar-refractivity contribution < 1.29 is 14.6 Å². The van der Waals surface area contributed by atoms with Gasteiger partial charge in [-0.05, 0) is 24.5 Å². The lowest BCUT2D eigenvalue weighted by molar-refractivity contribution is -0.138. The summed E-state index contributed by atoms with van der Waals surface area (Å²) >= 11 is 0. The van der Waals surface area contributed by atoms with Gasteiger partial charge in [-0.1, -0.05) is 24.3 Å². The minimum Gasteiger partial charge on any atom is -0.481 e. The highest BCUT2D eigenvalue weighted by Crippen LogP contribution is 2.07. The van der Waals surface area contributed by atoms with Crippen LogP contribution in [0.5, 0.6) is 0 Å². The van der Waals surface area contributed by atoms with Crippen LogP contribution >= 0.6 is 0 Å². The summed E-state index contributed by atoms with van der Waals surface area (Å²) in [5, 5.41) is 8.39. The molecular formula is C12H16O3. The van der Waals surface area contributed by atoms with Crippen molar-refractivity contribution in [3.05, 3.63) is 35.4 Å². The van der Waals surface area contributed by atoms with Crippen molar-refractivity contribution >= 4 is 5.97 Å². The van der Waals surface area contributed by atoms with E-state index in [0.29, 0.717) is 13.2 Å². The maximum atomic E-state index is 10.2. The van der Waals surface area contributed by atoms with Crippen molar-refractivity contribution in [1.82, 2.24) is 0 Å². The molecule has 3 heteroatoms. The number of hydrogen-bond donors (Lipinski definition) is 1. The Morgan fingerprint density at radius 2 is 2.07 bits per heavy atom. The lowest BCUT2D eigenvalue weighted by atomic mass is 10.1. The summed E-state index contributed by atoms with van der Waals surface area (Å²) in [4.78, 5) is 10.2. The van der Waals surface area contributed by atoms with Crippen LogP contribution in [0.2, 0.25) is 0 Å². The summed E-state index contributed by atoms with van der Waals surface area (Å²) < 4.78 is 5.22. The number of carboxylic acid groups (broad SMARTS) is 1. The van der Waals surface area contributed by atoms with Gasteiger partial charge in [-0.2, -0.15) is 0 Å². The molecule has 0 bridgehead atoms. The Bertz CT molecular complexity index is 320. The average Bonchev–Trinajstić information content (AvgIpc) is 2.20. The second kappa shape index (κ2) is 6.19. The van der Waals surface area contributed by atoms with Gasteiger partial charge in [0.2, 0.25) is 0 Å². The largest absolute Gasteiger partial charge is 0.481 e. The monoisotopic (exact) mass is 208 g/mol. The van der Waals surface area contributed by atoms with E-state index in [2.05, 4.69) is 19.1 Å². The van der Waals surface area contributed by atoms with Crippen molar-refractivity contribution in [3.8, 4) is 0 Å². The van der Waals surface area contributed by atoms with Crippen molar-refractivity contribution in [2.75, 3.05) is 13.2 Å². The molecule has 1 aromatic carbocycles. The summed E-state index contributed by atoms with van der Waals surface area (Å²) in [5.41, 5.74) is 2.51. The first kappa shape index (κ1) is 11.7. The molecule has 0 radical (unpaired) electrons. The lowest BCUT2D eigenvalue weighted by Crippen LogP contribution is -2.05. The number of aryl methyl sites for hydroxylation is 1. The Labute approximate surface area is 89.7 Å². The van der Waals surface area contributed by atoms with Crippen LogP contribution in [-0.4, -0.2) is 24.3 Å². The molecular weight excluding hydrogens is 192 g/mol. The van der Waals surface area contributed by atoms with E-state index < -0.39 is 5.97 Å². The summed E-state index contributed by atoms with van der Waals surface area (Å²) in [5.74, 6) is -0.814. The van der Waals surface area contributed by atoms with Gasteiger partial charge < -0.3 is 9.84 Å². The van der Waals surface area contributed by atoms with E-state index in [1.807, 2.05) is 12.1 Å². The van der Waals surface area contributed by atoms with E-state index in [-0.39, 0.29) is 6.42 Å². The topological polar surface area (TPSA) is 46.5 Å². The molecule has 0 aromatic heterocycles. The van der Waals surface area contributed by atoms with E-state index in [9.17, 15) is 4.79 Å². The molecule has 0 aliphatic rings. The van der Waals surface area contributed by atoms with Crippen LogP contribution < -0.4 is 0 Å². The van der Waals surface area contributed by atoms with Crippen LogP contribution in [0.15, 0.2) is 24.3 Å². The molecule has 0 fully saturated rings. The number of carbonyl (C=O) groups is 1. The van der Waals surface area contributed by atoms with Gasteiger partial charge in [-0.3, -0.25) is 4.79 Å². The van der Waals surface area contributed by atoms with Crippen LogP contribution in [-0.2, 0) is 16.0 Å². The van der Waals surface area contributed by atoms with Crippen molar-refractivity contribution in [2.45, 2.75) is 19.8 Å². The number of ether oxygens (including phenoxy) is 1. The standard InChI is InChI=1S/C12H16O3/c1-10-4-2-3-5-11(10)6-8-15-9-7-12(13)14/h2-5H,6-9H2,1H3,(H,13,14). The predicted octanol–water partition coefficient (Wildman–Crippen LogP) is 2.03. The molecule has 0 unspecified atom stereocenters. The highest BCUT2D eigenvalue weighted by atomic mass is 16.5. The average molecular weight is 208 g/mol. The zero-order chi connectivity index (χ0) is 11.1. The van der Waals surface area contributed by atoms with Gasteiger partial charge in [0, 0.05) is 0 Å². The van der Waals surface area contributed by atoms with Crippen LogP contribution in [0.25, 0.3) is 0 Å². The number of carboxylic acids is 1. The van der Waals surface area contributed by atoms with E-state index in [4.69, 9.17) is 9.84 Å². The minimum atomic E-state index is -0.814. The SMILES string of the molecule is Cc1ccccc1CCOCCC(=O)O. The molecule has 0 aliphatic carbocycles. The Morgan fingerprint density at radius 3 is 2.73 bits per heavy atom. The molecule has 15 heavy (non-hydrogen) atoms. The van der Waals surface area contributed by atoms with Crippen LogP contribution in [0, 0.1) is 6.92 Å². The molecule has 1 aromatic rings. The molecule has 3 nitrogen and oxygen atoms in total. The summed E-state index contributed by atoms with van der Waals surface area (Å²) in [6.07, 6.45) is 0.917. The normalized spacial score (nSPS) is 10.2. The molecule has 82 valence electrons. The molecule has 0 saturated carbocycles. The predicted molar refractivity (Wildman–Crippen MR) is 58.0 cm³/mol. The number of aliphatic carboxylic acids is 1. The van der Waals surface area contributed by atoms with Crippen LogP contribution in [0.4, 0.5) is 0 Å². The zero-order valence-electron chi connectivity index (χ0n) is 8.90. The van der Waals surface area contributed by atoms with Gasteiger partial charge in [0.25, 0.3) is 0 Å². The number of hydrogen-bond acceptors (Lipinski definition) is 2. The fourth-order valence-electron chi connectivity index (χ4n) is 1.33. The van der Waals surface area contributed by atoms with Crippen molar-refractivity contribution in [2.24, 2.45) is 0 Å². The van der Waals surface area contributed by atoms with Crippen LogP contribution in [0.1, 0.15) is 17.5 Å². The number of rotatable bonds is 6. The van der Waals surface area contributed by atoms with E-state index in [0.717, 1.165) is 6.42 Å². The minimum absolute atomic E-state index is 0.0772. The Kier molecular flexibility index (Phi) is 4.84. The van der Waals surface area contributed by atoms with Gasteiger partial charge in [-0.15, -0.1) is 0 Å². The van der Waals surface area contributed by atoms with E-state index in [1.54, 1.807) is 0 Å². The molecule has 0 heterocycles. The Morgan fingerprint density at radius 1 is 1.33 bits per heavy atom. The quantitative estimate of drug-likeness (QED) is 0.727. The molecule has 1 N–H and O–H groups in total. The molecule has 0 spiro atoms. The van der Waals surface area contributed by atoms with Gasteiger partial charge in [0.05, 0.1) is 19.6 Å². The molecule has 1 rings (SSSR count). The fraction of sp³-hybridized carbons (Fsp3) is 0.417. The maximum absolute atomic E-state index is 10.2. The highest BCUT2D eigenvalue weighted by molar-refractivity contribution is 5.66. The van der Waals surface area contributed by atoms with E-state index >= 15 is 0 Å². The molecule has 0 saturated heterocycles. The second-order valence-corrected chi connectivity index (χ2v) is 3.43. The second-order valence-electron chi connectivity index (χ2n) is 3.43. The third-order valence-corrected chi connectivity index (χ3v) is 2.24.